The van der Waals surface area contributed by atoms with Crippen molar-refractivity contribution in [3.8, 4) is 0 Å². The Labute approximate surface area is 178 Å². The minimum Gasteiger partial charge on any atom is -0.352 e. The van der Waals surface area contributed by atoms with E-state index in [0.717, 1.165) is 17.7 Å². The Kier molecular flexibility index (Phi) is 7.07. The van der Waals surface area contributed by atoms with Crippen LogP contribution in [0.2, 0.25) is 0 Å². The van der Waals surface area contributed by atoms with E-state index in [-0.39, 0.29) is 12.3 Å². The molecule has 0 unspecified atom stereocenters. The minimum atomic E-state index is -4.42. The van der Waals surface area contributed by atoms with Gasteiger partial charge in [-0.25, -0.2) is 0 Å². The summed E-state index contributed by atoms with van der Waals surface area (Å²) >= 11 is 0. The van der Waals surface area contributed by atoms with Gasteiger partial charge in [-0.2, -0.15) is 13.2 Å². The molecule has 2 amide bonds. The van der Waals surface area contributed by atoms with Gasteiger partial charge >= 0.3 is 6.18 Å². The molecule has 3 aromatic carbocycles. The molecule has 0 saturated carbocycles. The van der Waals surface area contributed by atoms with E-state index in [1.54, 1.807) is 24.3 Å². The number of nitrogens with one attached hydrogen (secondary N) is 2. The molecular weight excluding hydrogens is 405 g/mol. The van der Waals surface area contributed by atoms with Crippen LogP contribution in [0.15, 0.2) is 78.9 Å². The van der Waals surface area contributed by atoms with Gasteiger partial charge in [0.2, 0.25) is 5.91 Å². The molecule has 0 aliphatic heterocycles. The number of alkyl halides is 3. The Morgan fingerprint density at radius 1 is 0.774 bits per heavy atom. The van der Waals surface area contributed by atoms with Crippen molar-refractivity contribution in [1.29, 1.82) is 0 Å². The summed E-state index contributed by atoms with van der Waals surface area (Å²) in [5, 5.41) is 5.51. The number of carbonyl (C=O) groups excluding carboxylic acids is 2. The maximum Gasteiger partial charge on any atom is 0.416 e. The zero-order valence-corrected chi connectivity index (χ0v) is 16.6. The molecule has 0 bridgehead atoms. The first-order valence-corrected chi connectivity index (χ1v) is 9.70. The molecule has 3 rings (SSSR count). The van der Waals surface area contributed by atoms with Gasteiger partial charge in [0.25, 0.3) is 5.91 Å². The van der Waals surface area contributed by atoms with Crippen molar-refractivity contribution < 1.29 is 22.8 Å². The highest BCUT2D eigenvalue weighted by atomic mass is 19.4. The molecule has 0 radical (unpaired) electrons. The number of para-hydroxylation sites is 1. The molecule has 0 heterocycles. The van der Waals surface area contributed by atoms with Crippen LogP contribution in [0.25, 0.3) is 0 Å². The molecule has 7 heteroatoms. The van der Waals surface area contributed by atoms with Crippen LogP contribution in [0.5, 0.6) is 0 Å². The third-order valence-electron chi connectivity index (χ3n) is 4.63. The van der Waals surface area contributed by atoms with E-state index < -0.39 is 17.6 Å². The lowest BCUT2D eigenvalue weighted by atomic mass is 10.1. The highest BCUT2D eigenvalue weighted by Crippen LogP contribution is 2.29. The summed E-state index contributed by atoms with van der Waals surface area (Å²) in [5.74, 6) is -0.745. The van der Waals surface area contributed by atoms with Gasteiger partial charge in [0.05, 0.1) is 23.2 Å². The first kappa shape index (κ1) is 22.1. The molecule has 0 atom stereocenters. The van der Waals surface area contributed by atoms with Crippen molar-refractivity contribution in [2.75, 3.05) is 11.9 Å². The van der Waals surface area contributed by atoms with Crippen LogP contribution in [0.3, 0.4) is 0 Å². The highest BCUT2D eigenvalue weighted by Gasteiger charge is 2.30. The Morgan fingerprint density at radius 2 is 1.42 bits per heavy atom. The molecule has 31 heavy (non-hydrogen) atoms. The number of halogens is 3. The molecule has 4 nitrogen and oxygen atoms in total. The van der Waals surface area contributed by atoms with Gasteiger partial charge in [0, 0.05) is 6.54 Å². The molecule has 0 aliphatic rings. The monoisotopic (exact) mass is 426 g/mol. The summed E-state index contributed by atoms with van der Waals surface area (Å²) in [6, 6.07) is 20.7. The topological polar surface area (TPSA) is 58.2 Å². The van der Waals surface area contributed by atoms with Crippen molar-refractivity contribution in [3.63, 3.8) is 0 Å². The van der Waals surface area contributed by atoms with Gasteiger partial charge in [0.1, 0.15) is 0 Å². The zero-order valence-electron chi connectivity index (χ0n) is 16.6. The second kappa shape index (κ2) is 9.93. The lowest BCUT2D eigenvalue weighted by Crippen LogP contribution is -2.27. The second-order valence-electron chi connectivity index (χ2n) is 6.96. The SMILES string of the molecule is O=C(Cc1ccc(C(F)(F)F)cc1)Nc1ccccc1C(=O)NCCc1ccccc1. The van der Waals surface area contributed by atoms with Gasteiger partial charge in [-0.3, -0.25) is 9.59 Å². The molecule has 0 aromatic heterocycles. The van der Waals surface area contributed by atoms with Gasteiger partial charge in [0.15, 0.2) is 0 Å². The number of benzene rings is 3. The highest BCUT2D eigenvalue weighted by molar-refractivity contribution is 6.04. The van der Waals surface area contributed by atoms with Crippen molar-refractivity contribution in [1.82, 2.24) is 5.32 Å². The number of anilines is 1. The standard InChI is InChI=1S/C24H21F3N2O2/c25-24(26,27)19-12-10-18(11-13-19)16-22(30)29-21-9-5-4-8-20(21)23(31)28-15-14-17-6-2-1-3-7-17/h1-13H,14-16H2,(H,28,31)(H,29,30). The largest absolute Gasteiger partial charge is 0.416 e. The number of rotatable bonds is 7. The average molecular weight is 426 g/mol. The van der Waals surface area contributed by atoms with Gasteiger partial charge in [-0.1, -0.05) is 54.6 Å². The fraction of sp³-hybridized carbons (Fsp3) is 0.167. The van der Waals surface area contributed by atoms with Crippen LogP contribution in [0.1, 0.15) is 27.0 Å². The zero-order chi connectivity index (χ0) is 22.3. The quantitative estimate of drug-likeness (QED) is 0.567. The normalized spacial score (nSPS) is 11.1. The molecule has 0 aliphatic carbocycles. The summed E-state index contributed by atoms with van der Waals surface area (Å²) in [4.78, 5) is 24.9. The fourth-order valence-electron chi connectivity index (χ4n) is 3.04. The second-order valence-corrected chi connectivity index (χ2v) is 6.96. The molecule has 0 spiro atoms. The number of amides is 2. The van der Waals surface area contributed by atoms with E-state index in [0.29, 0.717) is 29.8 Å². The van der Waals surface area contributed by atoms with Crippen LogP contribution >= 0.6 is 0 Å². The van der Waals surface area contributed by atoms with E-state index in [2.05, 4.69) is 10.6 Å². The van der Waals surface area contributed by atoms with Crippen LogP contribution in [-0.2, 0) is 23.8 Å². The average Bonchev–Trinajstić information content (AvgIpc) is 2.74. The van der Waals surface area contributed by atoms with E-state index >= 15 is 0 Å². The smallest absolute Gasteiger partial charge is 0.352 e. The first-order valence-electron chi connectivity index (χ1n) is 9.70. The van der Waals surface area contributed by atoms with E-state index in [4.69, 9.17) is 0 Å². The van der Waals surface area contributed by atoms with Crippen molar-refractivity contribution in [2.45, 2.75) is 19.0 Å². The van der Waals surface area contributed by atoms with E-state index in [1.165, 1.54) is 12.1 Å². The predicted molar refractivity (Wildman–Crippen MR) is 113 cm³/mol. The van der Waals surface area contributed by atoms with Gasteiger partial charge in [-0.15, -0.1) is 0 Å². The third kappa shape index (κ3) is 6.44. The van der Waals surface area contributed by atoms with Crippen LogP contribution < -0.4 is 10.6 Å². The van der Waals surface area contributed by atoms with Crippen molar-refractivity contribution in [2.24, 2.45) is 0 Å². The number of hydrogen-bond donors (Lipinski definition) is 2. The van der Waals surface area contributed by atoms with Crippen LogP contribution in [0, 0.1) is 0 Å². The predicted octanol–water partition coefficient (Wildman–Crippen LogP) is 4.86. The van der Waals surface area contributed by atoms with Gasteiger partial charge in [-0.05, 0) is 41.8 Å². The molecule has 160 valence electrons. The molecule has 0 fully saturated rings. The number of hydrogen-bond acceptors (Lipinski definition) is 2. The Bertz CT molecular complexity index is 1030. The number of carbonyl (C=O) groups is 2. The van der Waals surface area contributed by atoms with Crippen molar-refractivity contribution in [3.05, 3.63) is 101 Å². The molecule has 2 N–H and O–H groups in total. The Morgan fingerprint density at radius 3 is 2.10 bits per heavy atom. The van der Waals surface area contributed by atoms with Crippen LogP contribution in [-0.4, -0.2) is 18.4 Å². The third-order valence-corrected chi connectivity index (χ3v) is 4.63. The lowest BCUT2D eigenvalue weighted by molar-refractivity contribution is -0.137. The summed E-state index contributed by atoms with van der Waals surface area (Å²) in [6.45, 7) is 0.441. The maximum absolute atomic E-state index is 12.7. The van der Waals surface area contributed by atoms with Crippen LogP contribution in [0.4, 0.5) is 18.9 Å². The maximum atomic E-state index is 12.7. The molecular formula is C24H21F3N2O2. The molecule has 0 saturated heterocycles. The summed E-state index contributed by atoms with van der Waals surface area (Å²) < 4.78 is 38.0. The van der Waals surface area contributed by atoms with Crippen molar-refractivity contribution >= 4 is 17.5 Å². The summed E-state index contributed by atoms with van der Waals surface area (Å²) in [7, 11) is 0. The van der Waals surface area contributed by atoms with E-state index in [9.17, 15) is 22.8 Å². The fourth-order valence-corrected chi connectivity index (χ4v) is 3.04. The molecule has 3 aromatic rings. The Hall–Kier alpha value is -3.61. The van der Waals surface area contributed by atoms with Gasteiger partial charge < -0.3 is 10.6 Å². The first-order chi connectivity index (χ1) is 14.8. The Balaban J connectivity index is 1.59. The minimum absolute atomic E-state index is 0.109. The van der Waals surface area contributed by atoms with E-state index in [1.807, 2.05) is 30.3 Å². The lowest BCUT2D eigenvalue weighted by Gasteiger charge is -2.12. The summed E-state index contributed by atoms with van der Waals surface area (Å²) in [6.07, 6.45) is -3.86. The summed E-state index contributed by atoms with van der Waals surface area (Å²) in [5.41, 5.74) is 1.43.